The average molecular weight is 469 g/mol. The molecule has 2 aromatic heterocycles. The van der Waals surface area contributed by atoms with Gasteiger partial charge in [-0.15, -0.1) is 0 Å². The van der Waals surface area contributed by atoms with Crippen LogP contribution < -0.4 is 20.3 Å². The zero-order valence-electron chi connectivity index (χ0n) is 19.0. The van der Waals surface area contributed by atoms with Crippen LogP contribution in [-0.2, 0) is 13.1 Å². The van der Waals surface area contributed by atoms with Crippen LogP contribution >= 0.6 is 0 Å². The van der Waals surface area contributed by atoms with E-state index in [4.69, 9.17) is 9.47 Å². The highest BCUT2D eigenvalue weighted by molar-refractivity contribution is 5.78. The fourth-order valence-corrected chi connectivity index (χ4v) is 4.70. The second-order valence-corrected chi connectivity index (χ2v) is 8.89. The van der Waals surface area contributed by atoms with Crippen LogP contribution in [0.2, 0.25) is 0 Å². The number of aromatic nitrogens is 2. The molecule has 1 saturated heterocycles. The normalized spacial score (nSPS) is 20.5. The van der Waals surface area contributed by atoms with E-state index in [9.17, 15) is 14.3 Å². The van der Waals surface area contributed by atoms with Crippen LogP contribution in [0.15, 0.2) is 47.4 Å². The number of pyridine rings is 2. The molecule has 2 aliphatic rings. The fourth-order valence-electron chi connectivity index (χ4n) is 4.70. The van der Waals surface area contributed by atoms with Gasteiger partial charge in [0.1, 0.15) is 19.0 Å². The minimum Gasteiger partial charge on any atom is -0.486 e. The third-order valence-corrected chi connectivity index (χ3v) is 6.57. The molecule has 0 bridgehead atoms. The van der Waals surface area contributed by atoms with Crippen molar-refractivity contribution in [2.75, 3.05) is 39.4 Å². The molecule has 2 N–H and O–H groups in total. The van der Waals surface area contributed by atoms with Crippen molar-refractivity contribution in [2.45, 2.75) is 25.6 Å². The topological polar surface area (TPSA) is 88.9 Å². The number of piperidine rings is 1. The van der Waals surface area contributed by atoms with Crippen molar-refractivity contribution in [3.63, 3.8) is 0 Å². The summed E-state index contributed by atoms with van der Waals surface area (Å²) in [5.41, 5.74) is 1.32. The summed E-state index contributed by atoms with van der Waals surface area (Å²) in [6.07, 6.45) is 1.98. The zero-order chi connectivity index (χ0) is 23.5. The third-order valence-electron chi connectivity index (χ3n) is 6.57. The summed E-state index contributed by atoms with van der Waals surface area (Å²) in [6, 6.07) is 9.64. The van der Waals surface area contributed by atoms with Gasteiger partial charge in [0.25, 0.3) is 5.56 Å². The van der Waals surface area contributed by atoms with Gasteiger partial charge in [-0.2, -0.15) is 0 Å². The summed E-state index contributed by atoms with van der Waals surface area (Å²) in [5, 5.41) is 14.8. The van der Waals surface area contributed by atoms with E-state index in [1.54, 1.807) is 22.9 Å². The van der Waals surface area contributed by atoms with E-state index in [2.05, 4.69) is 15.2 Å². The Bertz CT molecular complexity index is 1220. The van der Waals surface area contributed by atoms with E-state index in [1.165, 1.54) is 18.2 Å². The molecule has 1 aromatic carbocycles. The number of ether oxygens (including phenoxy) is 2. The number of rotatable bonds is 7. The van der Waals surface area contributed by atoms with Crippen LogP contribution in [0.4, 0.5) is 4.39 Å². The Morgan fingerprint density at radius 3 is 2.82 bits per heavy atom. The second-order valence-electron chi connectivity index (χ2n) is 8.89. The average Bonchev–Trinajstić information content (AvgIpc) is 2.85. The Kier molecular flexibility index (Phi) is 6.75. The van der Waals surface area contributed by atoms with E-state index < -0.39 is 0 Å². The van der Waals surface area contributed by atoms with Gasteiger partial charge in [0, 0.05) is 57.3 Å². The molecular weight excluding hydrogens is 439 g/mol. The molecule has 180 valence electrons. The molecule has 0 radical (unpaired) electrons. The molecule has 4 heterocycles. The van der Waals surface area contributed by atoms with Crippen LogP contribution in [0, 0.1) is 11.7 Å². The van der Waals surface area contributed by atoms with Gasteiger partial charge in [-0.3, -0.25) is 9.78 Å². The zero-order valence-corrected chi connectivity index (χ0v) is 19.0. The predicted octanol–water partition coefficient (Wildman–Crippen LogP) is 1.78. The van der Waals surface area contributed by atoms with E-state index in [-0.39, 0.29) is 23.4 Å². The van der Waals surface area contributed by atoms with E-state index >= 15 is 0 Å². The number of hydrogen-bond donors (Lipinski definition) is 2. The van der Waals surface area contributed by atoms with Gasteiger partial charge in [-0.25, -0.2) is 4.39 Å². The molecule has 0 unspecified atom stereocenters. The molecular formula is C25H29FN4O4. The lowest BCUT2D eigenvalue weighted by atomic mass is 9.94. The number of halogens is 1. The smallest absolute Gasteiger partial charge is 0.251 e. The number of fused-ring (bicyclic) bond motifs is 2. The van der Waals surface area contributed by atoms with Gasteiger partial charge in [-0.05, 0) is 36.1 Å². The Balaban J connectivity index is 1.17. The quantitative estimate of drug-likeness (QED) is 0.547. The number of likely N-dealkylation sites (tertiary alicyclic amines) is 1. The van der Waals surface area contributed by atoms with E-state index in [0.29, 0.717) is 62.8 Å². The molecule has 0 amide bonds. The molecule has 9 heteroatoms. The fraction of sp³-hybridized carbons (Fsp3) is 0.440. The number of benzene rings is 1. The van der Waals surface area contributed by atoms with Crippen LogP contribution in [-0.4, -0.2) is 65.1 Å². The molecule has 2 atom stereocenters. The summed E-state index contributed by atoms with van der Waals surface area (Å²) < 4.78 is 26.5. The lowest BCUT2D eigenvalue weighted by Crippen LogP contribution is -2.48. The standard InChI is InChI=1S/C25H29FN4O4/c26-19-3-1-17-2-4-25(32)30(21(17)11-19)8-7-29-6-5-22(31)18(16-29)13-27-14-20-12-23-24(15-28-20)34-10-9-33-23/h1-4,11-12,15,18,22,27,31H,5-10,13-14,16H2/t18-,22-/m1/s1. The lowest BCUT2D eigenvalue weighted by Gasteiger charge is -2.36. The Morgan fingerprint density at radius 1 is 1.12 bits per heavy atom. The summed E-state index contributed by atoms with van der Waals surface area (Å²) in [4.78, 5) is 19.1. The first kappa shape index (κ1) is 22.8. The van der Waals surface area contributed by atoms with Crippen LogP contribution in [0.1, 0.15) is 12.1 Å². The van der Waals surface area contributed by atoms with Crippen molar-refractivity contribution in [3.8, 4) is 11.5 Å². The summed E-state index contributed by atoms with van der Waals surface area (Å²) in [5.74, 6) is 1.09. The summed E-state index contributed by atoms with van der Waals surface area (Å²) in [7, 11) is 0. The highest BCUT2D eigenvalue weighted by atomic mass is 19.1. The SMILES string of the molecule is O=c1ccc2ccc(F)cc2n1CCN1CC[C@@H](O)[C@H](CNCc2cc3c(cn2)OCCO3)C1. The maximum atomic E-state index is 13.8. The molecule has 5 rings (SSSR count). The molecule has 2 aliphatic heterocycles. The Morgan fingerprint density at radius 2 is 1.94 bits per heavy atom. The van der Waals surface area contributed by atoms with Gasteiger partial charge >= 0.3 is 0 Å². The first-order chi connectivity index (χ1) is 16.6. The first-order valence-corrected chi connectivity index (χ1v) is 11.7. The maximum Gasteiger partial charge on any atom is 0.251 e. The van der Waals surface area contributed by atoms with Crippen LogP contribution in [0.3, 0.4) is 0 Å². The first-order valence-electron chi connectivity index (χ1n) is 11.7. The molecule has 8 nitrogen and oxygen atoms in total. The van der Waals surface area contributed by atoms with Crippen LogP contribution in [0.25, 0.3) is 10.9 Å². The Hall–Kier alpha value is -3.01. The highest BCUT2D eigenvalue weighted by Crippen LogP contribution is 2.29. The van der Waals surface area contributed by atoms with Gasteiger partial charge < -0.3 is 29.4 Å². The molecule has 0 aliphatic carbocycles. The van der Waals surface area contributed by atoms with Crippen molar-refractivity contribution in [2.24, 2.45) is 5.92 Å². The highest BCUT2D eigenvalue weighted by Gasteiger charge is 2.27. The monoisotopic (exact) mass is 468 g/mol. The Labute approximate surface area is 196 Å². The largest absolute Gasteiger partial charge is 0.486 e. The minimum atomic E-state index is -0.383. The van der Waals surface area contributed by atoms with Gasteiger partial charge in [0.2, 0.25) is 0 Å². The van der Waals surface area contributed by atoms with E-state index in [1.807, 2.05) is 6.07 Å². The number of aliphatic hydroxyl groups excluding tert-OH is 1. The van der Waals surface area contributed by atoms with Gasteiger partial charge in [0.05, 0.1) is 23.5 Å². The van der Waals surface area contributed by atoms with Gasteiger partial charge in [0.15, 0.2) is 11.5 Å². The molecule has 1 fully saturated rings. The maximum absolute atomic E-state index is 13.8. The molecule has 0 spiro atoms. The summed E-state index contributed by atoms with van der Waals surface area (Å²) in [6.45, 7) is 4.89. The second kappa shape index (κ2) is 10.1. The predicted molar refractivity (Wildman–Crippen MR) is 126 cm³/mol. The summed E-state index contributed by atoms with van der Waals surface area (Å²) >= 11 is 0. The van der Waals surface area contributed by atoms with Crippen molar-refractivity contribution in [1.82, 2.24) is 19.8 Å². The van der Waals surface area contributed by atoms with Gasteiger partial charge in [-0.1, -0.05) is 0 Å². The number of aliphatic hydroxyl groups is 1. The molecule has 34 heavy (non-hydrogen) atoms. The van der Waals surface area contributed by atoms with Crippen molar-refractivity contribution < 1.29 is 19.0 Å². The van der Waals surface area contributed by atoms with Crippen molar-refractivity contribution in [3.05, 3.63) is 64.5 Å². The minimum absolute atomic E-state index is 0.0626. The number of nitrogens with one attached hydrogen (secondary N) is 1. The van der Waals surface area contributed by atoms with Crippen LogP contribution in [0.5, 0.6) is 11.5 Å². The molecule has 3 aromatic rings. The van der Waals surface area contributed by atoms with Crippen molar-refractivity contribution >= 4 is 10.9 Å². The third kappa shape index (κ3) is 5.06. The number of nitrogens with zero attached hydrogens (tertiary/aromatic N) is 3. The van der Waals surface area contributed by atoms with Crippen molar-refractivity contribution in [1.29, 1.82) is 0 Å². The van der Waals surface area contributed by atoms with E-state index in [0.717, 1.165) is 24.2 Å². The number of hydrogen-bond acceptors (Lipinski definition) is 7. The molecule has 0 saturated carbocycles. The lowest BCUT2D eigenvalue weighted by molar-refractivity contribution is 0.0257.